The molecule has 0 aliphatic heterocycles. The highest BCUT2D eigenvalue weighted by Gasteiger charge is 2.07. The van der Waals surface area contributed by atoms with Gasteiger partial charge in [0, 0.05) is 22.0 Å². The average molecular weight is 207 g/mol. The van der Waals surface area contributed by atoms with E-state index in [9.17, 15) is 8.78 Å². The second-order valence-corrected chi connectivity index (χ2v) is 3.34. The van der Waals surface area contributed by atoms with Gasteiger partial charge in [0.1, 0.15) is 11.6 Å². The highest BCUT2D eigenvalue weighted by molar-refractivity contribution is 5.81. The fourth-order valence-corrected chi connectivity index (χ4v) is 1.80. The first kappa shape index (κ1) is 9.90. The molecule has 1 heterocycles. The Morgan fingerprint density at radius 1 is 1.13 bits per heavy atom. The van der Waals surface area contributed by atoms with Crippen molar-refractivity contribution in [2.75, 3.05) is 0 Å². The van der Waals surface area contributed by atoms with E-state index in [0.717, 1.165) is 16.6 Å². The zero-order valence-corrected chi connectivity index (χ0v) is 8.57. The van der Waals surface area contributed by atoms with Gasteiger partial charge in [0.2, 0.25) is 0 Å². The summed E-state index contributed by atoms with van der Waals surface area (Å²) in [5.74, 6) is -1.11. The van der Waals surface area contributed by atoms with Crippen LogP contribution in [0.3, 0.4) is 0 Å². The summed E-state index contributed by atoms with van der Waals surface area (Å²) in [4.78, 5) is 2.93. The third-order valence-electron chi connectivity index (χ3n) is 2.47. The van der Waals surface area contributed by atoms with Crippen molar-refractivity contribution in [2.24, 2.45) is 0 Å². The van der Waals surface area contributed by atoms with Crippen molar-refractivity contribution in [1.29, 1.82) is 0 Å². The zero-order valence-electron chi connectivity index (χ0n) is 8.57. The molecule has 0 radical (unpaired) electrons. The Balaban J connectivity index is 3.10. The second-order valence-electron chi connectivity index (χ2n) is 3.34. The molecule has 0 amide bonds. The number of hydrogen-bond donors (Lipinski definition) is 1. The van der Waals surface area contributed by atoms with Gasteiger partial charge in [0.05, 0.1) is 5.52 Å². The van der Waals surface area contributed by atoms with Gasteiger partial charge in [-0.1, -0.05) is 12.2 Å². The smallest absolute Gasteiger partial charge is 0.150 e. The number of H-pyrrole nitrogens is 1. The van der Waals surface area contributed by atoms with Crippen LogP contribution in [0.2, 0.25) is 0 Å². The van der Waals surface area contributed by atoms with Crippen molar-refractivity contribution in [3.63, 3.8) is 0 Å². The van der Waals surface area contributed by atoms with E-state index in [1.54, 1.807) is 0 Å². The minimum Gasteiger partial charge on any atom is -0.352 e. The molecule has 1 nitrogen and oxygen atoms in total. The van der Waals surface area contributed by atoms with Crippen LogP contribution in [0.4, 0.5) is 8.78 Å². The second kappa shape index (κ2) is 3.50. The summed E-state index contributed by atoms with van der Waals surface area (Å²) in [6.07, 6.45) is 3.68. The van der Waals surface area contributed by atoms with Crippen LogP contribution in [0, 0.1) is 11.6 Å². The maximum Gasteiger partial charge on any atom is 0.150 e. The summed E-state index contributed by atoms with van der Waals surface area (Å²) in [7, 11) is 0. The lowest BCUT2D eigenvalue weighted by Crippen LogP contribution is -2.21. The molecule has 0 saturated carbocycles. The van der Waals surface area contributed by atoms with Gasteiger partial charge in [-0.25, -0.2) is 8.78 Å². The Hall–Kier alpha value is -1.64. The number of nitrogens with one attached hydrogen (secondary N) is 1. The Morgan fingerprint density at radius 2 is 1.87 bits per heavy atom. The highest BCUT2D eigenvalue weighted by Crippen LogP contribution is 2.13. The maximum atomic E-state index is 13.4. The van der Waals surface area contributed by atoms with Crippen LogP contribution in [-0.2, 0) is 0 Å². The number of aromatic nitrogens is 1. The van der Waals surface area contributed by atoms with Crippen molar-refractivity contribution >= 4 is 23.1 Å². The van der Waals surface area contributed by atoms with E-state index in [1.807, 2.05) is 26.0 Å². The summed E-state index contributed by atoms with van der Waals surface area (Å²) in [6.45, 7) is 3.70. The van der Waals surface area contributed by atoms with Crippen LogP contribution in [0.5, 0.6) is 0 Å². The first-order chi connectivity index (χ1) is 7.17. The molecule has 0 unspecified atom stereocenters. The van der Waals surface area contributed by atoms with E-state index in [4.69, 9.17) is 0 Å². The third kappa shape index (κ3) is 1.44. The number of aromatic amines is 1. The van der Waals surface area contributed by atoms with Crippen molar-refractivity contribution in [3.05, 3.63) is 34.3 Å². The molecule has 3 heteroatoms. The maximum absolute atomic E-state index is 13.4. The summed E-state index contributed by atoms with van der Waals surface area (Å²) in [6, 6.07) is 2.23. The molecule has 15 heavy (non-hydrogen) atoms. The van der Waals surface area contributed by atoms with Gasteiger partial charge in [-0.2, -0.15) is 0 Å². The molecule has 0 fully saturated rings. The molecular weight excluding hydrogens is 196 g/mol. The van der Waals surface area contributed by atoms with Crippen molar-refractivity contribution < 1.29 is 8.78 Å². The molecule has 78 valence electrons. The summed E-state index contributed by atoms with van der Waals surface area (Å²) in [5.41, 5.74) is 0.359. The first-order valence-corrected chi connectivity index (χ1v) is 4.76. The van der Waals surface area contributed by atoms with Crippen LogP contribution >= 0.6 is 0 Å². The molecule has 0 aliphatic carbocycles. The Kier molecular flexibility index (Phi) is 2.31. The fourth-order valence-electron chi connectivity index (χ4n) is 1.80. The lowest BCUT2D eigenvalue weighted by atomic mass is 10.2. The molecule has 0 saturated heterocycles. The molecule has 1 N–H and O–H groups in total. The largest absolute Gasteiger partial charge is 0.352 e. The normalized spacial score (nSPS) is 14.1. The summed E-state index contributed by atoms with van der Waals surface area (Å²) in [5, 5.41) is 2.24. The number of benzene rings is 1. The Bertz CT molecular complexity index is 623. The first-order valence-electron chi connectivity index (χ1n) is 4.76. The topological polar surface area (TPSA) is 15.8 Å². The predicted molar refractivity (Wildman–Crippen MR) is 57.7 cm³/mol. The molecule has 2 rings (SSSR count). The highest BCUT2D eigenvalue weighted by atomic mass is 19.1. The van der Waals surface area contributed by atoms with Crippen LogP contribution in [0.15, 0.2) is 12.1 Å². The summed E-state index contributed by atoms with van der Waals surface area (Å²) >= 11 is 0. The van der Waals surface area contributed by atoms with Crippen LogP contribution in [-0.4, -0.2) is 4.98 Å². The third-order valence-corrected chi connectivity index (χ3v) is 2.47. The van der Waals surface area contributed by atoms with Crippen LogP contribution < -0.4 is 10.6 Å². The minimum atomic E-state index is -0.554. The van der Waals surface area contributed by atoms with Gasteiger partial charge in [-0.3, -0.25) is 0 Å². The number of rotatable bonds is 0. The van der Waals surface area contributed by atoms with E-state index in [1.165, 1.54) is 6.07 Å². The van der Waals surface area contributed by atoms with Gasteiger partial charge in [-0.05, 0) is 19.9 Å². The van der Waals surface area contributed by atoms with E-state index >= 15 is 0 Å². The lowest BCUT2D eigenvalue weighted by molar-refractivity contribution is 0.591. The quantitative estimate of drug-likeness (QED) is 0.680. The molecule has 1 aromatic heterocycles. The molecule has 0 aliphatic rings. The predicted octanol–water partition coefficient (Wildman–Crippen LogP) is 2.05. The van der Waals surface area contributed by atoms with Gasteiger partial charge >= 0.3 is 0 Å². The average Bonchev–Trinajstić information content (AvgIpc) is 2.55. The summed E-state index contributed by atoms with van der Waals surface area (Å²) < 4.78 is 26.5. The van der Waals surface area contributed by atoms with Gasteiger partial charge in [-0.15, -0.1) is 0 Å². The van der Waals surface area contributed by atoms with E-state index in [-0.39, 0.29) is 0 Å². The van der Waals surface area contributed by atoms with Crippen LogP contribution in [0.25, 0.3) is 23.1 Å². The van der Waals surface area contributed by atoms with Gasteiger partial charge < -0.3 is 4.98 Å². The minimum absolute atomic E-state index is 0.359. The Morgan fingerprint density at radius 3 is 2.47 bits per heavy atom. The standard InChI is InChI=1S/C12H11F2N/c1-3-8-9-5-7(13)6-10(14)12(9)15-11(8)4-2/h3-6,15H,1-2H3/b8-3-,11-4+. The van der Waals surface area contributed by atoms with E-state index in [2.05, 4.69) is 4.98 Å². The van der Waals surface area contributed by atoms with E-state index in [0.29, 0.717) is 10.9 Å². The van der Waals surface area contributed by atoms with Gasteiger partial charge in [0.25, 0.3) is 0 Å². The Labute approximate surface area is 85.7 Å². The number of fused-ring (bicyclic) bond motifs is 1. The molecule has 0 bridgehead atoms. The van der Waals surface area contributed by atoms with Crippen LogP contribution in [0.1, 0.15) is 13.8 Å². The monoisotopic (exact) mass is 207 g/mol. The van der Waals surface area contributed by atoms with E-state index < -0.39 is 11.6 Å². The molecule has 1 aromatic carbocycles. The lowest BCUT2D eigenvalue weighted by Gasteiger charge is -1.92. The van der Waals surface area contributed by atoms with Crippen molar-refractivity contribution in [1.82, 2.24) is 4.98 Å². The van der Waals surface area contributed by atoms with Crippen molar-refractivity contribution in [2.45, 2.75) is 13.8 Å². The SMILES string of the molecule is C/C=c1\c(=C/C)[nH]c2c(F)cc(F)cc12. The van der Waals surface area contributed by atoms with Gasteiger partial charge in [0.15, 0.2) is 0 Å². The fraction of sp³-hybridized carbons (Fsp3) is 0.167. The molecular formula is C12H11F2N. The molecule has 2 aromatic rings. The van der Waals surface area contributed by atoms with Crippen molar-refractivity contribution in [3.8, 4) is 0 Å². The zero-order chi connectivity index (χ0) is 11.0. The number of hydrogen-bond acceptors (Lipinski definition) is 0. The molecule has 0 atom stereocenters. The number of halogens is 2. The molecule has 0 spiro atoms.